The molecule has 0 unspecified atom stereocenters. The molecule has 1 heterocycles. The van der Waals surface area contributed by atoms with Crippen LogP contribution in [0, 0.1) is 0 Å². The van der Waals surface area contributed by atoms with Crippen molar-refractivity contribution in [2.45, 2.75) is 58.1 Å². The van der Waals surface area contributed by atoms with E-state index in [9.17, 15) is 0 Å². The summed E-state index contributed by atoms with van der Waals surface area (Å²) in [6.07, 6.45) is 7.96. The Balaban J connectivity index is 0.00000364. The average molecular weight is 489 g/mol. The third-order valence-electron chi connectivity index (χ3n) is 4.51. The van der Waals surface area contributed by atoms with Crippen LogP contribution in [0.1, 0.15) is 51.1 Å². The first-order chi connectivity index (χ1) is 12.7. The number of nitrogens with one attached hydrogen (secondary N) is 2. The maximum absolute atomic E-state index is 5.97. The molecule has 154 valence electrons. The predicted octanol–water partition coefficient (Wildman–Crippen LogP) is 3.56. The average Bonchev–Trinajstić information content (AvgIpc) is 2.66. The Morgan fingerprint density at radius 1 is 1.22 bits per heavy atom. The Hall–Kier alpha value is -1.09. The van der Waals surface area contributed by atoms with Crippen LogP contribution in [0.4, 0.5) is 5.82 Å². The number of ether oxygens (including phenoxy) is 1. The van der Waals surface area contributed by atoms with Crippen molar-refractivity contribution < 1.29 is 4.74 Å². The van der Waals surface area contributed by atoms with Crippen LogP contribution in [0.3, 0.4) is 0 Å². The monoisotopic (exact) mass is 489 g/mol. The summed E-state index contributed by atoms with van der Waals surface area (Å²) in [7, 11) is 3.99. The van der Waals surface area contributed by atoms with E-state index in [1.54, 1.807) is 0 Å². The number of guanidine groups is 1. The van der Waals surface area contributed by atoms with Crippen LogP contribution in [0.5, 0.6) is 0 Å². The van der Waals surface area contributed by atoms with Crippen molar-refractivity contribution in [2.75, 3.05) is 38.7 Å². The highest BCUT2D eigenvalue weighted by Crippen LogP contribution is 2.20. The van der Waals surface area contributed by atoms with E-state index in [1.165, 1.54) is 32.1 Å². The summed E-state index contributed by atoms with van der Waals surface area (Å²) in [4.78, 5) is 11.3. The van der Waals surface area contributed by atoms with Gasteiger partial charge in [0.2, 0.25) is 0 Å². The smallest absolute Gasteiger partial charge is 0.191 e. The molecule has 1 saturated carbocycles. The third-order valence-corrected chi connectivity index (χ3v) is 4.51. The molecule has 0 atom stereocenters. The lowest BCUT2D eigenvalue weighted by Crippen LogP contribution is -2.38. The van der Waals surface area contributed by atoms with Crippen molar-refractivity contribution in [1.29, 1.82) is 0 Å². The van der Waals surface area contributed by atoms with E-state index in [-0.39, 0.29) is 24.0 Å². The molecule has 2 N–H and O–H groups in total. The summed E-state index contributed by atoms with van der Waals surface area (Å²) < 4.78 is 5.97. The molecule has 2 rings (SSSR count). The van der Waals surface area contributed by atoms with E-state index in [4.69, 9.17) is 4.74 Å². The molecule has 1 aromatic rings. The molecular weight excluding hydrogens is 453 g/mol. The number of halogens is 1. The van der Waals surface area contributed by atoms with E-state index in [1.807, 2.05) is 37.2 Å². The van der Waals surface area contributed by atoms with Gasteiger partial charge < -0.3 is 20.3 Å². The number of aliphatic imine (C=N–C) groups is 1. The molecule has 7 heteroatoms. The van der Waals surface area contributed by atoms with Crippen molar-refractivity contribution >= 4 is 35.8 Å². The van der Waals surface area contributed by atoms with Gasteiger partial charge in [-0.2, -0.15) is 0 Å². The third kappa shape index (κ3) is 9.60. The Bertz CT molecular complexity index is 547. The fraction of sp³-hybridized carbons (Fsp3) is 0.700. The van der Waals surface area contributed by atoms with Gasteiger partial charge in [0.1, 0.15) is 5.82 Å². The maximum atomic E-state index is 5.97. The maximum Gasteiger partial charge on any atom is 0.191 e. The van der Waals surface area contributed by atoms with E-state index >= 15 is 0 Å². The van der Waals surface area contributed by atoms with Crippen molar-refractivity contribution in [3.63, 3.8) is 0 Å². The van der Waals surface area contributed by atoms with Crippen LogP contribution >= 0.6 is 24.0 Å². The lowest BCUT2D eigenvalue weighted by Gasteiger charge is -2.22. The van der Waals surface area contributed by atoms with Gasteiger partial charge in [-0.15, -0.1) is 24.0 Å². The standard InChI is InChI=1S/C20H35N5O.HI/c1-4-21-20(22-14-9-15-26-18-11-6-5-7-12-18)23-16-17-10-8-13-19(24-17)25(2)3;/h8,10,13,18H,4-7,9,11-12,14-16H2,1-3H3,(H2,21,22,23);1H. The van der Waals surface area contributed by atoms with Crippen molar-refractivity contribution in [3.05, 3.63) is 23.9 Å². The molecule has 0 aromatic carbocycles. The summed E-state index contributed by atoms with van der Waals surface area (Å²) in [5.41, 5.74) is 0.967. The van der Waals surface area contributed by atoms with E-state index < -0.39 is 0 Å². The molecule has 1 fully saturated rings. The molecule has 0 amide bonds. The van der Waals surface area contributed by atoms with E-state index in [2.05, 4.69) is 27.5 Å². The van der Waals surface area contributed by atoms with Gasteiger partial charge in [0, 0.05) is 33.8 Å². The molecule has 27 heavy (non-hydrogen) atoms. The van der Waals surface area contributed by atoms with Crippen LogP contribution in [-0.4, -0.2) is 50.8 Å². The second-order valence-corrected chi connectivity index (χ2v) is 6.99. The summed E-state index contributed by atoms with van der Waals surface area (Å²) >= 11 is 0. The van der Waals surface area contributed by atoms with E-state index in [0.717, 1.165) is 43.6 Å². The highest BCUT2D eigenvalue weighted by molar-refractivity contribution is 14.0. The fourth-order valence-corrected chi connectivity index (χ4v) is 3.07. The molecule has 0 bridgehead atoms. The first kappa shape index (κ1) is 23.9. The number of hydrogen-bond donors (Lipinski definition) is 2. The Morgan fingerprint density at radius 3 is 2.70 bits per heavy atom. The molecular formula is C20H36IN5O. The molecule has 0 aliphatic heterocycles. The molecule has 0 spiro atoms. The predicted molar refractivity (Wildman–Crippen MR) is 124 cm³/mol. The fourth-order valence-electron chi connectivity index (χ4n) is 3.07. The van der Waals surface area contributed by atoms with Crippen molar-refractivity contribution in [2.24, 2.45) is 4.99 Å². The summed E-state index contributed by atoms with van der Waals surface area (Å²) in [5, 5.41) is 6.68. The summed E-state index contributed by atoms with van der Waals surface area (Å²) in [5.74, 6) is 1.79. The SMILES string of the molecule is CCNC(=NCc1cccc(N(C)C)n1)NCCCOC1CCCCC1.I. The van der Waals surface area contributed by atoms with Gasteiger partial charge in [0.05, 0.1) is 18.3 Å². The van der Waals surface area contributed by atoms with Gasteiger partial charge in [-0.1, -0.05) is 25.3 Å². The van der Waals surface area contributed by atoms with Gasteiger partial charge in [0.15, 0.2) is 5.96 Å². The van der Waals surface area contributed by atoms with Crippen LogP contribution in [-0.2, 0) is 11.3 Å². The van der Waals surface area contributed by atoms with Crippen LogP contribution in [0.2, 0.25) is 0 Å². The van der Waals surface area contributed by atoms with Gasteiger partial charge >= 0.3 is 0 Å². The quantitative estimate of drug-likeness (QED) is 0.241. The first-order valence-electron chi connectivity index (χ1n) is 9.96. The van der Waals surface area contributed by atoms with Crippen LogP contribution in [0.15, 0.2) is 23.2 Å². The van der Waals surface area contributed by atoms with Crippen LogP contribution in [0.25, 0.3) is 0 Å². The molecule has 1 aliphatic carbocycles. The number of nitrogens with zero attached hydrogens (tertiary/aromatic N) is 3. The summed E-state index contributed by atoms with van der Waals surface area (Å²) in [6, 6.07) is 6.04. The zero-order chi connectivity index (χ0) is 18.6. The van der Waals surface area contributed by atoms with Crippen molar-refractivity contribution in [1.82, 2.24) is 15.6 Å². The summed E-state index contributed by atoms with van der Waals surface area (Å²) in [6.45, 7) is 5.17. The molecule has 0 saturated heterocycles. The van der Waals surface area contributed by atoms with E-state index in [0.29, 0.717) is 12.6 Å². The largest absolute Gasteiger partial charge is 0.378 e. The minimum Gasteiger partial charge on any atom is -0.378 e. The molecule has 1 aliphatic rings. The highest BCUT2D eigenvalue weighted by atomic mass is 127. The minimum atomic E-state index is 0. The normalized spacial score (nSPS) is 15.1. The minimum absolute atomic E-state index is 0. The molecule has 0 radical (unpaired) electrons. The van der Waals surface area contributed by atoms with Gasteiger partial charge in [0.25, 0.3) is 0 Å². The number of rotatable bonds is 9. The highest BCUT2D eigenvalue weighted by Gasteiger charge is 2.12. The first-order valence-corrected chi connectivity index (χ1v) is 9.96. The van der Waals surface area contributed by atoms with Crippen molar-refractivity contribution in [3.8, 4) is 0 Å². The number of hydrogen-bond acceptors (Lipinski definition) is 4. The Morgan fingerprint density at radius 2 is 2.00 bits per heavy atom. The lowest BCUT2D eigenvalue weighted by molar-refractivity contribution is 0.0277. The zero-order valence-corrected chi connectivity index (χ0v) is 19.4. The van der Waals surface area contributed by atoms with Crippen LogP contribution < -0.4 is 15.5 Å². The van der Waals surface area contributed by atoms with Gasteiger partial charge in [-0.25, -0.2) is 9.98 Å². The zero-order valence-electron chi connectivity index (χ0n) is 17.0. The molecule has 1 aromatic heterocycles. The van der Waals surface area contributed by atoms with Gasteiger partial charge in [-0.3, -0.25) is 0 Å². The van der Waals surface area contributed by atoms with Gasteiger partial charge in [-0.05, 0) is 38.3 Å². The lowest BCUT2D eigenvalue weighted by atomic mass is 9.98. The number of aromatic nitrogens is 1. The number of pyridine rings is 1. The second-order valence-electron chi connectivity index (χ2n) is 6.99. The Kier molecular flexibility index (Phi) is 12.4. The number of anilines is 1. The molecule has 6 nitrogen and oxygen atoms in total. The topological polar surface area (TPSA) is 61.8 Å². The Labute approximate surface area is 181 Å². The second kappa shape index (κ2) is 14.0.